The molecule has 0 radical (unpaired) electrons. The van der Waals surface area contributed by atoms with Crippen molar-refractivity contribution >= 4 is 11.9 Å². The fraction of sp³-hybridized carbons (Fsp3) is 0.733. The van der Waals surface area contributed by atoms with E-state index < -0.39 is 29.6 Å². The van der Waals surface area contributed by atoms with E-state index in [1.54, 1.807) is 6.92 Å². The van der Waals surface area contributed by atoms with Crippen LogP contribution in [0.25, 0.3) is 0 Å². The summed E-state index contributed by atoms with van der Waals surface area (Å²) in [6.45, 7) is 6.76. The second-order valence-electron chi connectivity index (χ2n) is 5.99. The Labute approximate surface area is 124 Å². The second kappa shape index (κ2) is 7.04. The summed E-state index contributed by atoms with van der Waals surface area (Å²) in [5, 5.41) is 31.4. The van der Waals surface area contributed by atoms with Crippen molar-refractivity contribution in [3.05, 3.63) is 12.2 Å². The van der Waals surface area contributed by atoms with E-state index in [0.717, 1.165) is 0 Å². The maximum absolute atomic E-state index is 11.8. The molecule has 0 aliphatic heterocycles. The summed E-state index contributed by atoms with van der Waals surface area (Å²) in [5.74, 6) is -1.61. The first-order valence-electron chi connectivity index (χ1n) is 7.29. The van der Waals surface area contributed by atoms with Gasteiger partial charge < -0.3 is 20.6 Å². The molecule has 1 fully saturated rings. The Bertz CT molecular complexity index is 422. The summed E-state index contributed by atoms with van der Waals surface area (Å²) >= 11 is 0. The molecule has 0 heterocycles. The molecule has 0 aromatic heterocycles. The maximum atomic E-state index is 11.8. The topological polar surface area (TPSA) is 107 Å². The third-order valence-corrected chi connectivity index (χ3v) is 4.28. The fourth-order valence-corrected chi connectivity index (χ4v) is 2.79. The number of aliphatic carboxylic acids is 1. The molecule has 1 amide bonds. The second-order valence-corrected chi connectivity index (χ2v) is 5.99. The van der Waals surface area contributed by atoms with Gasteiger partial charge >= 0.3 is 5.97 Å². The first-order chi connectivity index (χ1) is 9.71. The molecule has 21 heavy (non-hydrogen) atoms. The summed E-state index contributed by atoms with van der Waals surface area (Å²) in [6, 6.07) is 0. The molecule has 4 unspecified atom stereocenters. The summed E-state index contributed by atoms with van der Waals surface area (Å²) in [6.07, 6.45) is 0.337. The molecular weight excluding hydrogens is 274 g/mol. The Morgan fingerprint density at radius 1 is 1.29 bits per heavy atom. The zero-order valence-electron chi connectivity index (χ0n) is 12.6. The van der Waals surface area contributed by atoms with Gasteiger partial charge in [-0.15, -0.1) is 0 Å². The van der Waals surface area contributed by atoms with Crippen LogP contribution in [0, 0.1) is 5.92 Å². The van der Waals surface area contributed by atoms with Gasteiger partial charge in [0.2, 0.25) is 5.91 Å². The van der Waals surface area contributed by atoms with Crippen molar-refractivity contribution in [3.63, 3.8) is 0 Å². The minimum Gasteiger partial charge on any atom is -0.480 e. The Kier molecular flexibility index (Phi) is 5.92. The van der Waals surface area contributed by atoms with Gasteiger partial charge in [-0.3, -0.25) is 4.79 Å². The molecule has 0 bridgehead atoms. The van der Waals surface area contributed by atoms with E-state index >= 15 is 0 Å². The number of carbonyl (C=O) groups is 2. The lowest BCUT2D eigenvalue weighted by atomic mass is 9.76. The first kappa shape index (κ1) is 17.7. The maximum Gasteiger partial charge on any atom is 0.329 e. The van der Waals surface area contributed by atoms with E-state index in [1.807, 2.05) is 0 Å². The Morgan fingerprint density at radius 2 is 1.90 bits per heavy atom. The Balaban J connectivity index is 2.85. The summed E-state index contributed by atoms with van der Waals surface area (Å²) < 4.78 is 0. The molecule has 4 atom stereocenters. The van der Waals surface area contributed by atoms with Crippen LogP contribution < -0.4 is 5.32 Å². The Hall–Kier alpha value is -1.40. The van der Waals surface area contributed by atoms with Gasteiger partial charge in [0.15, 0.2) is 0 Å². The molecule has 6 nitrogen and oxygen atoms in total. The zero-order chi connectivity index (χ0) is 16.2. The number of nitrogens with one attached hydrogen (secondary N) is 1. The highest BCUT2D eigenvalue weighted by Gasteiger charge is 2.42. The molecular formula is C15H25NO5. The number of carboxylic acid groups (broad SMARTS) is 1. The minimum atomic E-state index is -1.36. The Morgan fingerprint density at radius 3 is 2.33 bits per heavy atom. The van der Waals surface area contributed by atoms with E-state index in [2.05, 4.69) is 11.9 Å². The molecule has 0 aromatic rings. The number of hydrogen-bond donors (Lipinski definition) is 4. The first-order valence-corrected chi connectivity index (χ1v) is 7.29. The van der Waals surface area contributed by atoms with Crippen LogP contribution >= 0.6 is 0 Å². The van der Waals surface area contributed by atoms with Crippen LogP contribution in [0.4, 0.5) is 0 Å². The lowest BCUT2D eigenvalue weighted by Gasteiger charge is -2.37. The van der Waals surface area contributed by atoms with Gasteiger partial charge in [0.1, 0.15) is 5.54 Å². The molecule has 120 valence electrons. The van der Waals surface area contributed by atoms with E-state index in [4.69, 9.17) is 0 Å². The van der Waals surface area contributed by atoms with E-state index in [1.165, 1.54) is 6.92 Å². The number of carbonyl (C=O) groups excluding carboxylic acids is 1. The van der Waals surface area contributed by atoms with Crippen molar-refractivity contribution < 1.29 is 24.9 Å². The van der Waals surface area contributed by atoms with Crippen molar-refractivity contribution in [2.45, 2.75) is 63.7 Å². The van der Waals surface area contributed by atoms with Crippen LogP contribution in [0.5, 0.6) is 0 Å². The normalized spacial score (nSPS) is 28.5. The summed E-state index contributed by atoms with van der Waals surface area (Å²) in [7, 11) is 0. The molecule has 1 aliphatic carbocycles. The van der Waals surface area contributed by atoms with Gasteiger partial charge in [-0.2, -0.15) is 0 Å². The SMILES string of the molecule is C=C(C)C(=O)NC(CC)(CC1CCC(O)C(O)C1)C(=O)O. The third-order valence-electron chi connectivity index (χ3n) is 4.28. The molecule has 4 N–H and O–H groups in total. The number of hydrogen-bond acceptors (Lipinski definition) is 4. The van der Waals surface area contributed by atoms with E-state index in [9.17, 15) is 24.9 Å². The van der Waals surface area contributed by atoms with Crippen molar-refractivity contribution in [3.8, 4) is 0 Å². The van der Waals surface area contributed by atoms with Crippen molar-refractivity contribution in [1.82, 2.24) is 5.32 Å². The average molecular weight is 299 g/mol. The minimum absolute atomic E-state index is 0.0510. The van der Waals surface area contributed by atoms with Crippen LogP contribution in [0.15, 0.2) is 12.2 Å². The van der Waals surface area contributed by atoms with Crippen molar-refractivity contribution in [1.29, 1.82) is 0 Å². The van der Waals surface area contributed by atoms with E-state index in [-0.39, 0.29) is 24.3 Å². The van der Waals surface area contributed by atoms with Gasteiger partial charge in [0.25, 0.3) is 0 Å². The van der Waals surface area contributed by atoms with Crippen LogP contribution in [0.1, 0.15) is 46.0 Å². The average Bonchev–Trinajstić information content (AvgIpc) is 2.41. The highest BCUT2D eigenvalue weighted by atomic mass is 16.4. The van der Waals surface area contributed by atoms with Gasteiger partial charge in [-0.25, -0.2) is 4.79 Å². The highest BCUT2D eigenvalue weighted by molar-refractivity contribution is 5.96. The zero-order valence-corrected chi connectivity index (χ0v) is 12.6. The predicted octanol–water partition coefficient (Wildman–Crippen LogP) is 0.824. The lowest BCUT2D eigenvalue weighted by molar-refractivity contribution is -0.148. The number of amides is 1. The van der Waals surface area contributed by atoms with Gasteiger partial charge in [0, 0.05) is 5.57 Å². The molecule has 1 rings (SSSR count). The molecule has 6 heteroatoms. The number of rotatable bonds is 6. The van der Waals surface area contributed by atoms with Gasteiger partial charge in [-0.05, 0) is 44.9 Å². The van der Waals surface area contributed by atoms with E-state index in [0.29, 0.717) is 19.3 Å². The molecule has 0 aromatic carbocycles. The van der Waals surface area contributed by atoms with Crippen LogP contribution in [0.2, 0.25) is 0 Å². The highest BCUT2D eigenvalue weighted by Crippen LogP contribution is 2.33. The van der Waals surface area contributed by atoms with Gasteiger partial charge in [0.05, 0.1) is 12.2 Å². The smallest absolute Gasteiger partial charge is 0.329 e. The molecule has 0 saturated heterocycles. The van der Waals surface area contributed by atoms with Gasteiger partial charge in [-0.1, -0.05) is 13.5 Å². The largest absolute Gasteiger partial charge is 0.480 e. The molecule has 0 spiro atoms. The van der Waals surface area contributed by atoms with Crippen LogP contribution in [-0.4, -0.2) is 44.9 Å². The third kappa shape index (κ3) is 4.28. The summed E-state index contributed by atoms with van der Waals surface area (Å²) in [5.41, 5.74) is -1.10. The quantitative estimate of drug-likeness (QED) is 0.543. The number of aliphatic hydroxyl groups excluding tert-OH is 2. The van der Waals surface area contributed by atoms with Crippen molar-refractivity contribution in [2.75, 3.05) is 0 Å². The predicted molar refractivity (Wildman–Crippen MR) is 77.6 cm³/mol. The molecule has 1 saturated carbocycles. The standard InChI is InChI=1S/C15H25NO5/c1-4-15(14(20)21,16-13(19)9(2)3)8-10-5-6-11(17)12(18)7-10/h10-12,17-18H,2,4-8H2,1,3H3,(H,16,19)(H,20,21). The monoisotopic (exact) mass is 299 g/mol. The van der Waals surface area contributed by atoms with Crippen LogP contribution in [0.3, 0.4) is 0 Å². The lowest BCUT2D eigenvalue weighted by Crippen LogP contribution is -2.56. The summed E-state index contributed by atoms with van der Waals surface area (Å²) in [4.78, 5) is 23.5. The fourth-order valence-electron chi connectivity index (χ4n) is 2.79. The number of aliphatic hydroxyl groups is 2. The van der Waals surface area contributed by atoms with Crippen LogP contribution in [-0.2, 0) is 9.59 Å². The number of carboxylic acids is 1. The van der Waals surface area contributed by atoms with Crippen molar-refractivity contribution in [2.24, 2.45) is 5.92 Å². The molecule has 1 aliphatic rings.